The summed E-state index contributed by atoms with van der Waals surface area (Å²) in [5, 5.41) is 3.00. The molecule has 0 saturated carbocycles. The van der Waals surface area contributed by atoms with Gasteiger partial charge in [0.15, 0.2) is 0 Å². The van der Waals surface area contributed by atoms with E-state index in [2.05, 4.69) is 20.9 Å². The highest BCUT2D eigenvalue weighted by atomic mass is 16.5. The Hall–Kier alpha value is -2.90. The Morgan fingerprint density at radius 1 is 1.10 bits per heavy atom. The van der Waals surface area contributed by atoms with E-state index in [4.69, 9.17) is 14.5 Å². The summed E-state index contributed by atoms with van der Waals surface area (Å²) >= 11 is 0. The molecule has 3 aromatic rings. The number of nitrogens with one attached hydrogen (secondary N) is 1. The van der Waals surface area contributed by atoms with E-state index < -0.39 is 0 Å². The summed E-state index contributed by atoms with van der Waals surface area (Å²) in [6.45, 7) is 5.88. The fourth-order valence-electron chi connectivity index (χ4n) is 3.85. The number of methoxy groups -OCH3 is 1. The van der Waals surface area contributed by atoms with Crippen LogP contribution in [0.2, 0.25) is 0 Å². The fourth-order valence-corrected chi connectivity index (χ4v) is 3.85. The molecule has 0 bridgehead atoms. The minimum atomic E-state index is -0.136. The van der Waals surface area contributed by atoms with E-state index in [1.807, 2.05) is 30.3 Å². The Labute approximate surface area is 176 Å². The number of hydrogen-bond donors (Lipinski definition) is 1. The van der Waals surface area contributed by atoms with E-state index in [9.17, 15) is 4.79 Å². The van der Waals surface area contributed by atoms with E-state index in [1.54, 1.807) is 19.2 Å². The molecule has 1 fully saturated rings. The van der Waals surface area contributed by atoms with Crippen molar-refractivity contribution in [1.29, 1.82) is 0 Å². The Bertz CT molecular complexity index is 995. The van der Waals surface area contributed by atoms with E-state index in [0.29, 0.717) is 24.3 Å². The third-order valence-electron chi connectivity index (χ3n) is 5.46. The summed E-state index contributed by atoms with van der Waals surface area (Å²) in [6, 6.07) is 15.5. The van der Waals surface area contributed by atoms with Crippen molar-refractivity contribution in [3.05, 3.63) is 59.9 Å². The van der Waals surface area contributed by atoms with E-state index in [-0.39, 0.29) is 5.91 Å². The van der Waals surface area contributed by atoms with Gasteiger partial charge in [-0.15, -0.1) is 0 Å². The number of amides is 1. The Morgan fingerprint density at radius 3 is 2.70 bits per heavy atom. The van der Waals surface area contributed by atoms with E-state index in [1.165, 1.54) is 0 Å². The van der Waals surface area contributed by atoms with Crippen LogP contribution in [0.4, 0.5) is 0 Å². The van der Waals surface area contributed by atoms with Crippen LogP contribution in [0.3, 0.4) is 0 Å². The first-order chi connectivity index (χ1) is 14.8. The largest absolute Gasteiger partial charge is 0.496 e. The highest BCUT2D eigenvalue weighted by Gasteiger charge is 2.15. The third-order valence-corrected chi connectivity index (χ3v) is 5.46. The van der Waals surface area contributed by atoms with Gasteiger partial charge in [-0.2, -0.15) is 0 Å². The molecule has 1 saturated heterocycles. The summed E-state index contributed by atoms with van der Waals surface area (Å²) in [5.74, 6) is 1.43. The molecular formula is C23H28N4O3. The summed E-state index contributed by atoms with van der Waals surface area (Å²) in [5.41, 5.74) is 2.67. The van der Waals surface area contributed by atoms with Gasteiger partial charge in [0.2, 0.25) is 0 Å². The average Bonchev–Trinajstić information content (AvgIpc) is 3.15. The molecule has 7 heteroatoms. The van der Waals surface area contributed by atoms with Crippen LogP contribution in [-0.4, -0.2) is 66.9 Å². The second-order valence-electron chi connectivity index (χ2n) is 7.33. The number of aromatic nitrogens is 2. The minimum Gasteiger partial charge on any atom is -0.496 e. The van der Waals surface area contributed by atoms with Crippen molar-refractivity contribution in [2.45, 2.75) is 13.0 Å². The predicted molar refractivity (Wildman–Crippen MR) is 116 cm³/mol. The molecule has 4 rings (SSSR count). The van der Waals surface area contributed by atoms with Crippen LogP contribution >= 0.6 is 0 Å². The summed E-state index contributed by atoms with van der Waals surface area (Å²) < 4.78 is 13.0. The Kier molecular flexibility index (Phi) is 6.61. The van der Waals surface area contributed by atoms with Gasteiger partial charge >= 0.3 is 0 Å². The van der Waals surface area contributed by atoms with Crippen molar-refractivity contribution in [1.82, 2.24) is 19.8 Å². The van der Waals surface area contributed by atoms with Crippen LogP contribution in [0.25, 0.3) is 11.0 Å². The average molecular weight is 409 g/mol. The standard InChI is InChI=1S/C23H28N4O3/c1-29-21-9-5-2-6-18(21)23(28)24-11-10-22-25-19-7-3-4-8-20(19)27(22)13-12-26-14-16-30-17-15-26/h2-9H,10-17H2,1H3,(H,24,28). The van der Waals surface area contributed by atoms with Gasteiger partial charge in [0.1, 0.15) is 11.6 Å². The molecule has 7 nitrogen and oxygen atoms in total. The molecule has 2 aromatic carbocycles. The topological polar surface area (TPSA) is 68.6 Å². The van der Waals surface area contributed by atoms with Crippen molar-refractivity contribution < 1.29 is 14.3 Å². The van der Waals surface area contributed by atoms with Crippen molar-refractivity contribution in [2.75, 3.05) is 46.5 Å². The molecule has 0 radical (unpaired) electrons. The number of para-hydroxylation sites is 3. The zero-order valence-corrected chi connectivity index (χ0v) is 17.3. The van der Waals surface area contributed by atoms with Crippen LogP contribution in [0.5, 0.6) is 5.75 Å². The maximum Gasteiger partial charge on any atom is 0.255 e. The first-order valence-corrected chi connectivity index (χ1v) is 10.4. The predicted octanol–water partition coefficient (Wildman–Crippen LogP) is 2.35. The van der Waals surface area contributed by atoms with Crippen molar-refractivity contribution in [3.8, 4) is 5.75 Å². The fraction of sp³-hybridized carbons (Fsp3) is 0.391. The number of benzene rings is 2. The SMILES string of the molecule is COc1ccccc1C(=O)NCCc1nc2ccccc2n1CCN1CCOCC1. The van der Waals surface area contributed by atoms with Crippen LogP contribution in [0.1, 0.15) is 16.2 Å². The minimum absolute atomic E-state index is 0.136. The van der Waals surface area contributed by atoms with Gasteiger partial charge in [-0.05, 0) is 24.3 Å². The van der Waals surface area contributed by atoms with Gasteiger partial charge in [0, 0.05) is 39.1 Å². The lowest BCUT2D eigenvalue weighted by atomic mass is 10.2. The number of imidazole rings is 1. The molecule has 0 atom stereocenters. The zero-order valence-electron chi connectivity index (χ0n) is 17.3. The highest BCUT2D eigenvalue weighted by Crippen LogP contribution is 2.18. The summed E-state index contributed by atoms with van der Waals surface area (Å²) in [6.07, 6.45) is 0.665. The maximum atomic E-state index is 12.6. The second-order valence-corrected chi connectivity index (χ2v) is 7.33. The number of ether oxygens (including phenoxy) is 2. The van der Waals surface area contributed by atoms with Gasteiger partial charge < -0.3 is 19.4 Å². The lowest BCUT2D eigenvalue weighted by molar-refractivity contribution is 0.0364. The first kappa shape index (κ1) is 20.4. The molecule has 0 aliphatic carbocycles. The number of morpholine rings is 1. The summed E-state index contributed by atoms with van der Waals surface area (Å²) in [7, 11) is 1.57. The van der Waals surface area contributed by atoms with Crippen LogP contribution < -0.4 is 10.1 Å². The number of nitrogens with zero attached hydrogens (tertiary/aromatic N) is 3. The number of hydrogen-bond acceptors (Lipinski definition) is 5. The molecule has 1 aromatic heterocycles. The van der Waals surface area contributed by atoms with E-state index >= 15 is 0 Å². The quantitative estimate of drug-likeness (QED) is 0.620. The van der Waals surface area contributed by atoms with Gasteiger partial charge in [0.05, 0.1) is 36.9 Å². The van der Waals surface area contributed by atoms with Gasteiger partial charge in [-0.1, -0.05) is 24.3 Å². The molecule has 30 heavy (non-hydrogen) atoms. The third kappa shape index (κ3) is 4.63. The lowest BCUT2D eigenvalue weighted by Crippen LogP contribution is -2.38. The van der Waals surface area contributed by atoms with Crippen molar-refractivity contribution in [3.63, 3.8) is 0 Å². The molecule has 0 spiro atoms. The second kappa shape index (κ2) is 9.73. The Morgan fingerprint density at radius 2 is 1.87 bits per heavy atom. The number of fused-ring (bicyclic) bond motifs is 1. The van der Waals surface area contributed by atoms with Crippen LogP contribution in [0.15, 0.2) is 48.5 Å². The van der Waals surface area contributed by atoms with E-state index in [0.717, 1.165) is 56.3 Å². The molecule has 158 valence electrons. The van der Waals surface area contributed by atoms with Crippen molar-refractivity contribution in [2.24, 2.45) is 0 Å². The zero-order chi connectivity index (χ0) is 20.8. The Balaban J connectivity index is 1.43. The van der Waals surface area contributed by atoms with Crippen LogP contribution in [0, 0.1) is 0 Å². The number of carbonyl (C=O) groups excluding carboxylic acids is 1. The van der Waals surface area contributed by atoms with Crippen molar-refractivity contribution >= 4 is 16.9 Å². The molecular weight excluding hydrogens is 380 g/mol. The van der Waals surface area contributed by atoms with Crippen LogP contribution in [-0.2, 0) is 17.7 Å². The first-order valence-electron chi connectivity index (χ1n) is 10.4. The molecule has 1 aliphatic rings. The number of rotatable bonds is 8. The lowest BCUT2D eigenvalue weighted by Gasteiger charge is -2.27. The highest BCUT2D eigenvalue weighted by molar-refractivity contribution is 5.96. The maximum absolute atomic E-state index is 12.6. The van der Waals surface area contributed by atoms with Gasteiger partial charge in [-0.3, -0.25) is 9.69 Å². The monoisotopic (exact) mass is 408 g/mol. The normalized spacial score (nSPS) is 14.7. The smallest absolute Gasteiger partial charge is 0.255 e. The molecule has 0 unspecified atom stereocenters. The molecule has 1 amide bonds. The molecule has 1 aliphatic heterocycles. The van der Waals surface area contributed by atoms with Gasteiger partial charge in [-0.25, -0.2) is 4.98 Å². The molecule has 2 heterocycles. The van der Waals surface area contributed by atoms with Gasteiger partial charge in [0.25, 0.3) is 5.91 Å². The number of carbonyl (C=O) groups is 1. The molecule has 1 N–H and O–H groups in total. The summed E-state index contributed by atoms with van der Waals surface area (Å²) in [4.78, 5) is 19.8.